The molecular formula is C16H18BaK2Mg3O20. The van der Waals surface area contributed by atoms with Gasteiger partial charge in [0.1, 0.15) is 0 Å². The molecule has 0 saturated carbocycles. The van der Waals surface area contributed by atoms with E-state index in [1.165, 1.54) is 0 Å². The topological polar surface area (TPSA) is 367 Å². The molecular weight excluding hydrogens is 801 g/mol. The second-order valence-corrected chi connectivity index (χ2v) is 5.25. The fourth-order valence-electron chi connectivity index (χ4n) is 1.27. The van der Waals surface area contributed by atoms with Crippen molar-refractivity contribution >= 4 is 142 Å². The molecule has 0 spiro atoms. The number of hydrogen-bond donors (Lipinski definition) is 8. The van der Waals surface area contributed by atoms with E-state index in [0.717, 1.165) is 0 Å². The van der Waals surface area contributed by atoms with Gasteiger partial charge >= 0.3 is 245 Å². The summed E-state index contributed by atoms with van der Waals surface area (Å²) in [7, 11) is 0. The van der Waals surface area contributed by atoms with E-state index in [1.54, 1.807) is 0 Å². The summed E-state index contributed by atoms with van der Waals surface area (Å²) in [5.41, 5.74) is -12.8. The zero-order valence-corrected chi connectivity index (χ0v) is 36.2. The van der Waals surface area contributed by atoms with E-state index < -0.39 is 90.3 Å². The third kappa shape index (κ3) is 20.2. The van der Waals surface area contributed by atoms with Crippen LogP contribution in [-0.2, 0) is 19.2 Å². The minimum absolute atomic E-state index is 0. The maximum atomic E-state index is 10.5. The summed E-state index contributed by atoms with van der Waals surface area (Å²) in [5.74, 6) is -12.8. The first-order valence-corrected chi connectivity index (χ1v) is 7.74. The Hall–Kier alpha value is 1.06. The molecule has 0 aliphatic heterocycles. The Balaban J connectivity index is -0.0000000174. The molecule has 26 heteroatoms. The van der Waals surface area contributed by atoms with Gasteiger partial charge in [-0.1, -0.05) is 0 Å². The van der Waals surface area contributed by atoms with Crippen LogP contribution in [0.1, 0.15) is 14.3 Å². The number of aromatic hydroxyl groups is 4. The van der Waals surface area contributed by atoms with Gasteiger partial charge < -0.3 is 55.1 Å². The van der Waals surface area contributed by atoms with Crippen LogP contribution in [-0.4, -0.2) is 183 Å². The van der Waals surface area contributed by atoms with Crippen LogP contribution in [0.5, 0.6) is 23.0 Å². The first-order chi connectivity index (χ1) is 16.2. The molecule has 2 aromatic rings. The van der Waals surface area contributed by atoms with Crippen LogP contribution in [0.15, 0.2) is 38.4 Å². The molecule has 0 atom stereocenters. The van der Waals surface area contributed by atoms with Gasteiger partial charge in [-0.3, -0.25) is 38.4 Å². The normalized spacial score (nSPS) is 7.81. The molecule has 20 nitrogen and oxygen atoms in total. The maximum Gasteiger partial charge on any atom is 2.00 e. The van der Waals surface area contributed by atoms with Crippen molar-refractivity contribution in [3.63, 3.8) is 0 Å². The Labute approximate surface area is 415 Å². The smallest absolute Gasteiger partial charge is 1.00 e. The monoisotopic (exact) mass is 818 g/mol. The van der Waals surface area contributed by atoms with E-state index in [1.807, 2.05) is 0 Å². The van der Waals surface area contributed by atoms with Gasteiger partial charge in [-0.25, -0.2) is 19.2 Å². The minimum Gasteiger partial charge on any atom is -1.00 e. The molecule has 0 unspecified atom stereocenters. The summed E-state index contributed by atoms with van der Waals surface area (Å²) in [6, 6.07) is 0. The minimum atomic E-state index is -1.82. The van der Waals surface area contributed by atoms with Crippen LogP contribution in [0.2, 0.25) is 0 Å². The average Bonchev–Trinajstić information content (AvgIpc) is 2.82. The van der Waals surface area contributed by atoms with Crippen molar-refractivity contribution in [2.24, 2.45) is 0 Å². The molecule has 0 aromatic heterocycles. The molecule has 42 heavy (non-hydrogen) atoms. The van der Waals surface area contributed by atoms with E-state index in [9.17, 15) is 38.4 Å². The van der Waals surface area contributed by atoms with Crippen LogP contribution in [0.3, 0.4) is 0 Å². The number of carbonyl (C=O) groups is 4. The third-order valence-electron chi connectivity index (χ3n) is 2.91. The van der Waals surface area contributed by atoms with Gasteiger partial charge in [-0.15, -0.1) is 0 Å². The summed E-state index contributed by atoms with van der Waals surface area (Å²) in [6.45, 7) is 0. The first-order valence-electron chi connectivity index (χ1n) is 7.74. The van der Waals surface area contributed by atoms with E-state index in [2.05, 4.69) is 0 Å². The first kappa shape index (κ1) is 62.0. The molecule has 0 fully saturated rings. The molecule has 2 aromatic carbocycles. The van der Waals surface area contributed by atoms with Gasteiger partial charge in [0.05, 0.1) is 0 Å². The molecule has 0 radical (unpaired) electrons. The van der Waals surface area contributed by atoms with Crippen molar-refractivity contribution in [3.05, 3.63) is 81.8 Å². The Morgan fingerprint density at radius 1 is 0.357 bits per heavy atom. The number of phenols is 4. The van der Waals surface area contributed by atoms with Gasteiger partial charge in [0.15, 0.2) is 0 Å². The fourth-order valence-corrected chi connectivity index (χ4v) is 1.27. The number of aliphatic carboxylic acids is 4. The molecule has 0 aliphatic rings. The summed E-state index contributed by atoms with van der Waals surface area (Å²) < 4.78 is 0. The van der Waals surface area contributed by atoms with Gasteiger partial charge in [-0.05, 0) is 0 Å². The zero-order chi connectivity index (χ0) is 29.2. The number of benzene rings is 2. The summed E-state index contributed by atoms with van der Waals surface area (Å²) in [5, 5.41) is 63.9. The second-order valence-electron chi connectivity index (χ2n) is 5.25. The van der Waals surface area contributed by atoms with Crippen LogP contribution in [0, 0.1) is 0 Å². The molecule has 2 rings (SSSR count). The largest absolute Gasteiger partial charge is 2.00 e. The average molecular weight is 819 g/mol. The standard InChI is InChI=1S/2C6H2O6.2C2H2O4.Ba.2K.3Mg.10H/c2*7-1-2(8)4(10)6(12)5(11)3(1)9;2*3-1(4)2(5)6;;;;;;;;;;;;;;;;/h2*7-8H;2*(H,3,4)(H,5,6);;;;;;;;;;;;;;;;/q;;;;+2;2*+1;3*+2;10*-1. The predicted octanol–water partition coefficient (Wildman–Crippen LogP) is -13.3. The fraction of sp³-hybridized carbons (Fsp3) is 0. The van der Waals surface area contributed by atoms with E-state index in [-0.39, 0.29) is 235 Å². The van der Waals surface area contributed by atoms with Crippen LogP contribution in [0.25, 0.3) is 0 Å². The Morgan fingerprint density at radius 2 is 0.452 bits per heavy atom. The molecule has 0 aliphatic carbocycles. The van der Waals surface area contributed by atoms with Gasteiger partial charge in [-0.2, -0.15) is 0 Å². The van der Waals surface area contributed by atoms with Crippen LogP contribution < -0.4 is 146 Å². The van der Waals surface area contributed by atoms with Crippen molar-refractivity contribution in [2.45, 2.75) is 0 Å². The van der Waals surface area contributed by atoms with Crippen LogP contribution >= 0.6 is 0 Å². The van der Waals surface area contributed by atoms with Crippen molar-refractivity contribution < 1.29 is 177 Å². The van der Waals surface area contributed by atoms with Crippen molar-refractivity contribution in [1.29, 1.82) is 0 Å². The van der Waals surface area contributed by atoms with Crippen molar-refractivity contribution in [3.8, 4) is 23.0 Å². The molecule has 8 N–H and O–H groups in total. The maximum absolute atomic E-state index is 10.5. The van der Waals surface area contributed by atoms with Crippen molar-refractivity contribution in [2.75, 3.05) is 0 Å². The Bertz CT molecular complexity index is 1450. The predicted molar refractivity (Wildman–Crippen MR) is 139 cm³/mol. The number of carboxylic acid groups (broad SMARTS) is 4. The Morgan fingerprint density at radius 3 is 0.524 bits per heavy atom. The molecule has 0 bridgehead atoms. The number of phenolic OH excluding ortho intramolecular Hbond substituents is 4. The number of carboxylic acids is 4. The van der Waals surface area contributed by atoms with Gasteiger partial charge in [0.25, 0.3) is 43.4 Å². The number of rotatable bonds is 0. The van der Waals surface area contributed by atoms with Crippen molar-refractivity contribution in [1.82, 2.24) is 0 Å². The number of hydrogen-bond acceptors (Lipinski definition) is 16. The van der Waals surface area contributed by atoms with E-state index in [0.29, 0.717) is 0 Å². The molecule has 0 saturated heterocycles. The SMILES string of the molecule is O=C(O)C(=O)O.O=C(O)C(=O)O.O=c1c(O)c(O)c(=O)c(=O)c1=O.O=c1c(O)c(O)c(=O)c(=O)c1=O.[Ba+2].[H-].[H-].[H-].[H-].[H-].[H-].[H-].[H-].[H-].[H-].[K+].[K+].[Mg+2].[Mg+2].[Mg+2]. The molecule has 0 heterocycles. The zero-order valence-electron chi connectivity index (χ0n) is 31.3. The quantitative estimate of drug-likeness (QED) is 0.0695. The van der Waals surface area contributed by atoms with Gasteiger partial charge in [0.2, 0.25) is 23.0 Å². The van der Waals surface area contributed by atoms with E-state index in [4.69, 9.17) is 60.0 Å². The van der Waals surface area contributed by atoms with E-state index >= 15 is 0 Å². The molecule has 0 amide bonds. The summed E-state index contributed by atoms with van der Waals surface area (Å²) >= 11 is 0. The molecule has 212 valence electrons. The van der Waals surface area contributed by atoms with Gasteiger partial charge in [0, 0.05) is 0 Å². The summed E-state index contributed by atoms with van der Waals surface area (Å²) in [6.07, 6.45) is 0. The van der Waals surface area contributed by atoms with Crippen LogP contribution in [0.4, 0.5) is 0 Å². The summed E-state index contributed by atoms with van der Waals surface area (Å²) in [4.78, 5) is 120. The Kier molecular flexibility index (Phi) is 43.5. The second kappa shape index (κ2) is 29.5. The third-order valence-corrected chi connectivity index (χ3v) is 2.91.